The van der Waals surface area contributed by atoms with E-state index in [1.807, 2.05) is 0 Å². The van der Waals surface area contributed by atoms with Gasteiger partial charge < -0.3 is 0 Å². The number of pyridine rings is 2. The molecule has 0 aliphatic carbocycles. The summed E-state index contributed by atoms with van der Waals surface area (Å²) in [6.45, 7) is 3.22. The van der Waals surface area contributed by atoms with Crippen LogP contribution in [0.4, 0.5) is 4.39 Å². The third-order valence-electron chi connectivity index (χ3n) is 3.77. The number of hydrogen-bond acceptors (Lipinski definition) is 4. The van der Waals surface area contributed by atoms with Crippen LogP contribution in [0, 0.1) is 12.7 Å². The third-order valence-corrected chi connectivity index (χ3v) is 4.96. The first-order valence-corrected chi connectivity index (χ1v) is 8.40. The zero-order chi connectivity index (χ0) is 18.0. The summed E-state index contributed by atoms with van der Waals surface area (Å²) in [7, 11) is 0. The quantitative estimate of drug-likeness (QED) is 0.664. The van der Waals surface area contributed by atoms with E-state index in [1.54, 1.807) is 49.8 Å². The molecule has 2 aromatic heterocycles. The molecule has 126 valence electrons. The fourth-order valence-corrected chi connectivity index (χ4v) is 3.43. The second-order valence-electron chi connectivity index (χ2n) is 5.49. The molecule has 6 heteroatoms. The minimum Gasteiger partial charge on any atom is -0.294 e. The predicted molar refractivity (Wildman–Crippen MR) is 95.1 cm³/mol. The summed E-state index contributed by atoms with van der Waals surface area (Å²) in [4.78, 5) is 30.1. The lowest BCUT2D eigenvalue weighted by Crippen LogP contribution is -2.23. The lowest BCUT2D eigenvalue weighted by atomic mass is 10.1. The third kappa shape index (κ3) is 3.53. The minimum absolute atomic E-state index is 0.124. The number of benzene rings is 1. The first-order valence-electron chi connectivity index (χ1n) is 7.58. The molecule has 0 saturated heterocycles. The normalized spacial score (nSPS) is 10.7. The number of ketones is 1. The number of carbonyl (C=O) groups is 1. The summed E-state index contributed by atoms with van der Waals surface area (Å²) in [6, 6.07) is 9.30. The molecule has 0 bridgehead atoms. The van der Waals surface area contributed by atoms with Gasteiger partial charge in [-0.05, 0) is 55.8 Å². The van der Waals surface area contributed by atoms with Crippen molar-refractivity contribution in [2.24, 2.45) is 0 Å². The molecule has 3 aromatic rings. The van der Waals surface area contributed by atoms with E-state index in [0.717, 1.165) is 4.90 Å². The van der Waals surface area contributed by atoms with Crippen LogP contribution >= 0.6 is 11.8 Å². The number of carbonyl (C=O) groups excluding carboxylic acids is 1. The molecule has 3 rings (SSSR count). The molecule has 0 spiro atoms. The summed E-state index contributed by atoms with van der Waals surface area (Å²) >= 11 is 1.22. The highest BCUT2D eigenvalue weighted by Gasteiger charge is 2.17. The number of Topliss-reactive ketones (excluding diaryl/α,β-unsaturated/α-hetero) is 1. The molecule has 1 aromatic carbocycles. The van der Waals surface area contributed by atoms with Gasteiger partial charge >= 0.3 is 0 Å². The molecule has 2 heterocycles. The van der Waals surface area contributed by atoms with Crippen molar-refractivity contribution in [3.05, 3.63) is 82.3 Å². The highest BCUT2D eigenvalue weighted by atomic mass is 32.2. The van der Waals surface area contributed by atoms with Gasteiger partial charge in [-0.25, -0.2) is 4.39 Å². The van der Waals surface area contributed by atoms with Crippen LogP contribution in [0.3, 0.4) is 0 Å². The number of hydrogen-bond donors (Lipinski definition) is 0. The van der Waals surface area contributed by atoms with Gasteiger partial charge in [0.15, 0.2) is 5.78 Å². The monoisotopic (exact) mass is 354 g/mol. The van der Waals surface area contributed by atoms with Crippen molar-refractivity contribution in [2.45, 2.75) is 23.6 Å². The minimum atomic E-state index is -0.340. The molecule has 0 atom stereocenters. The Kier molecular flexibility index (Phi) is 4.81. The van der Waals surface area contributed by atoms with Crippen LogP contribution in [0.25, 0.3) is 5.69 Å². The topological polar surface area (TPSA) is 52.0 Å². The Bertz CT molecular complexity index is 983. The Balaban J connectivity index is 2.19. The predicted octanol–water partition coefficient (Wildman–Crippen LogP) is 4.03. The standard InChI is InChI=1S/C19H15FN2O2S/c1-12-17(13(2)23)11-22(15-7-9-21-10-8-15)19(24)18(12)25-16-5-3-14(20)4-6-16/h3-11H,1-2H3. The van der Waals surface area contributed by atoms with Crippen LogP contribution in [0.1, 0.15) is 22.8 Å². The molecular weight excluding hydrogens is 339 g/mol. The first kappa shape index (κ1) is 17.1. The maximum atomic E-state index is 13.1. The fourth-order valence-electron chi connectivity index (χ4n) is 2.47. The van der Waals surface area contributed by atoms with Crippen LogP contribution in [0.15, 0.2) is 69.6 Å². The smallest absolute Gasteiger partial charge is 0.269 e. The maximum absolute atomic E-state index is 13.1. The van der Waals surface area contributed by atoms with Gasteiger partial charge in [-0.15, -0.1) is 0 Å². The SMILES string of the molecule is CC(=O)c1cn(-c2ccncc2)c(=O)c(Sc2ccc(F)cc2)c1C. The largest absolute Gasteiger partial charge is 0.294 e. The molecule has 0 unspecified atom stereocenters. The van der Waals surface area contributed by atoms with Gasteiger partial charge in [0.25, 0.3) is 5.56 Å². The van der Waals surface area contributed by atoms with Gasteiger partial charge in [-0.3, -0.25) is 19.1 Å². The maximum Gasteiger partial charge on any atom is 0.269 e. The summed E-state index contributed by atoms with van der Waals surface area (Å²) in [5.41, 5.74) is 1.49. The molecule has 0 amide bonds. The number of halogens is 1. The van der Waals surface area contributed by atoms with E-state index in [4.69, 9.17) is 0 Å². The van der Waals surface area contributed by atoms with E-state index in [-0.39, 0.29) is 17.2 Å². The van der Waals surface area contributed by atoms with Crippen molar-refractivity contribution in [1.82, 2.24) is 9.55 Å². The molecule has 0 aliphatic rings. The van der Waals surface area contributed by atoms with Crippen molar-refractivity contribution >= 4 is 17.5 Å². The van der Waals surface area contributed by atoms with Crippen molar-refractivity contribution in [1.29, 1.82) is 0 Å². The molecule has 0 radical (unpaired) electrons. The lowest BCUT2D eigenvalue weighted by Gasteiger charge is -2.14. The molecule has 4 nitrogen and oxygen atoms in total. The number of aromatic nitrogens is 2. The van der Waals surface area contributed by atoms with Crippen molar-refractivity contribution in [2.75, 3.05) is 0 Å². The van der Waals surface area contributed by atoms with Crippen molar-refractivity contribution in [3.63, 3.8) is 0 Å². The lowest BCUT2D eigenvalue weighted by molar-refractivity contribution is 0.101. The zero-order valence-corrected chi connectivity index (χ0v) is 14.5. The van der Waals surface area contributed by atoms with E-state index < -0.39 is 0 Å². The van der Waals surface area contributed by atoms with Gasteiger partial charge in [0, 0.05) is 29.0 Å². The Hall–Kier alpha value is -2.73. The van der Waals surface area contributed by atoms with Crippen molar-refractivity contribution < 1.29 is 9.18 Å². The number of nitrogens with zero attached hydrogens (tertiary/aromatic N) is 2. The highest BCUT2D eigenvalue weighted by Crippen LogP contribution is 2.29. The van der Waals surface area contributed by atoms with E-state index in [1.165, 1.54) is 35.4 Å². The Morgan fingerprint density at radius 2 is 1.76 bits per heavy atom. The van der Waals surface area contributed by atoms with E-state index in [2.05, 4.69) is 4.98 Å². The van der Waals surface area contributed by atoms with E-state index in [0.29, 0.717) is 21.7 Å². The first-order chi connectivity index (χ1) is 12.0. The van der Waals surface area contributed by atoms with Crippen LogP contribution < -0.4 is 5.56 Å². The molecule has 0 saturated carbocycles. The second kappa shape index (κ2) is 7.03. The van der Waals surface area contributed by atoms with Crippen LogP contribution in [0.2, 0.25) is 0 Å². The van der Waals surface area contributed by atoms with Crippen LogP contribution in [0.5, 0.6) is 0 Å². The molecule has 25 heavy (non-hydrogen) atoms. The van der Waals surface area contributed by atoms with E-state index >= 15 is 0 Å². The summed E-state index contributed by atoms with van der Waals surface area (Å²) in [6.07, 6.45) is 4.73. The highest BCUT2D eigenvalue weighted by molar-refractivity contribution is 7.99. The zero-order valence-electron chi connectivity index (χ0n) is 13.7. The van der Waals surface area contributed by atoms with Crippen molar-refractivity contribution in [3.8, 4) is 5.69 Å². The Morgan fingerprint density at radius 3 is 2.36 bits per heavy atom. The summed E-state index contributed by atoms with van der Waals surface area (Å²) in [5, 5.41) is 0. The molecule has 0 fully saturated rings. The molecule has 0 aliphatic heterocycles. The van der Waals surface area contributed by atoms with Gasteiger partial charge in [-0.1, -0.05) is 11.8 Å². The second-order valence-corrected chi connectivity index (χ2v) is 6.57. The van der Waals surface area contributed by atoms with Gasteiger partial charge in [-0.2, -0.15) is 0 Å². The fraction of sp³-hybridized carbons (Fsp3) is 0.105. The van der Waals surface area contributed by atoms with Crippen LogP contribution in [-0.4, -0.2) is 15.3 Å². The van der Waals surface area contributed by atoms with Gasteiger partial charge in [0.05, 0.1) is 10.6 Å². The molecular formula is C19H15FN2O2S. The molecule has 0 N–H and O–H groups in total. The summed E-state index contributed by atoms with van der Waals surface area (Å²) < 4.78 is 14.6. The van der Waals surface area contributed by atoms with E-state index in [9.17, 15) is 14.0 Å². The number of rotatable bonds is 4. The average molecular weight is 354 g/mol. The van der Waals surface area contributed by atoms with Gasteiger partial charge in [0.2, 0.25) is 0 Å². The average Bonchev–Trinajstić information content (AvgIpc) is 2.61. The van der Waals surface area contributed by atoms with Crippen LogP contribution in [-0.2, 0) is 0 Å². The Morgan fingerprint density at radius 1 is 1.12 bits per heavy atom. The Labute approximate surface area is 148 Å². The van der Waals surface area contributed by atoms with Gasteiger partial charge in [0.1, 0.15) is 5.82 Å². The summed E-state index contributed by atoms with van der Waals surface area (Å²) in [5.74, 6) is -0.464.